The highest BCUT2D eigenvalue weighted by atomic mass is 15.1. The Morgan fingerprint density at radius 1 is 1.11 bits per heavy atom. The van der Waals surface area contributed by atoms with Crippen LogP contribution in [0.3, 0.4) is 0 Å². The van der Waals surface area contributed by atoms with E-state index in [1.165, 1.54) is 24.1 Å². The van der Waals surface area contributed by atoms with Gasteiger partial charge in [-0.05, 0) is 36.6 Å². The lowest BCUT2D eigenvalue weighted by Gasteiger charge is -2.25. The zero-order valence-electron chi connectivity index (χ0n) is 12.5. The molecular formula is C16H28N2. The summed E-state index contributed by atoms with van der Waals surface area (Å²) in [5.74, 6) is 0.681. The largest absolute Gasteiger partial charge is 0.378 e. The van der Waals surface area contributed by atoms with Gasteiger partial charge < -0.3 is 10.2 Å². The summed E-state index contributed by atoms with van der Waals surface area (Å²) >= 11 is 0. The molecule has 0 heterocycles. The molecular weight excluding hydrogens is 220 g/mol. The average molecular weight is 248 g/mol. The molecule has 0 spiro atoms. The van der Waals surface area contributed by atoms with Crippen molar-refractivity contribution in [2.45, 2.75) is 39.7 Å². The third kappa shape index (κ3) is 4.02. The van der Waals surface area contributed by atoms with Gasteiger partial charge >= 0.3 is 0 Å². The number of nitrogens with zero attached hydrogens (tertiary/aromatic N) is 1. The molecule has 0 aromatic heterocycles. The Kier molecular flexibility index (Phi) is 6.20. The second kappa shape index (κ2) is 7.42. The predicted molar refractivity (Wildman–Crippen MR) is 81.3 cm³/mol. The van der Waals surface area contributed by atoms with Gasteiger partial charge in [0, 0.05) is 25.8 Å². The van der Waals surface area contributed by atoms with Crippen molar-refractivity contribution < 1.29 is 0 Å². The lowest BCUT2D eigenvalue weighted by Crippen LogP contribution is -2.26. The van der Waals surface area contributed by atoms with Gasteiger partial charge in [-0.15, -0.1) is 0 Å². The Morgan fingerprint density at radius 2 is 1.72 bits per heavy atom. The van der Waals surface area contributed by atoms with E-state index < -0.39 is 0 Å². The van der Waals surface area contributed by atoms with Crippen molar-refractivity contribution in [2.24, 2.45) is 5.92 Å². The fourth-order valence-corrected chi connectivity index (χ4v) is 2.47. The molecule has 1 aromatic rings. The lowest BCUT2D eigenvalue weighted by atomic mass is 9.91. The zero-order chi connectivity index (χ0) is 13.5. The first kappa shape index (κ1) is 15.0. The summed E-state index contributed by atoms with van der Waals surface area (Å²) in [5, 5.41) is 3.62. The first-order chi connectivity index (χ1) is 8.60. The quantitative estimate of drug-likeness (QED) is 0.788. The van der Waals surface area contributed by atoms with Crippen molar-refractivity contribution in [1.29, 1.82) is 0 Å². The maximum absolute atomic E-state index is 3.62. The minimum absolute atomic E-state index is 0.478. The van der Waals surface area contributed by atoms with E-state index in [9.17, 15) is 0 Å². The molecule has 2 heteroatoms. The fourth-order valence-electron chi connectivity index (χ4n) is 2.47. The van der Waals surface area contributed by atoms with Gasteiger partial charge in [0.1, 0.15) is 0 Å². The maximum Gasteiger partial charge on any atom is 0.0361 e. The molecule has 0 saturated heterocycles. The molecule has 1 N–H and O–H groups in total. The summed E-state index contributed by atoms with van der Waals surface area (Å²) in [6.07, 6.45) is 2.52. The summed E-state index contributed by atoms with van der Waals surface area (Å²) in [6.45, 7) is 7.80. The Morgan fingerprint density at radius 3 is 2.17 bits per heavy atom. The van der Waals surface area contributed by atoms with Gasteiger partial charge in [-0.1, -0.05) is 39.3 Å². The molecule has 0 radical (unpaired) electrons. The molecule has 0 aliphatic heterocycles. The molecule has 0 aliphatic rings. The van der Waals surface area contributed by atoms with Crippen molar-refractivity contribution in [3.63, 3.8) is 0 Å². The molecule has 1 aromatic carbocycles. The number of nitrogens with one attached hydrogen (secondary N) is 1. The predicted octanol–water partition coefficient (Wildman–Crippen LogP) is 3.84. The van der Waals surface area contributed by atoms with Crippen molar-refractivity contribution in [3.8, 4) is 0 Å². The molecule has 0 amide bonds. The van der Waals surface area contributed by atoms with Crippen LogP contribution in [0.1, 0.15) is 45.2 Å². The molecule has 0 aliphatic carbocycles. The van der Waals surface area contributed by atoms with Crippen LogP contribution in [0.25, 0.3) is 0 Å². The van der Waals surface area contributed by atoms with Crippen molar-refractivity contribution in [3.05, 3.63) is 29.8 Å². The van der Waals surface area contributed by atoms with Gasteiger partial charge in [-0.3, -0.25) is 0 Å². The van der Waals surface area contributed by atoms with Crippen LogP contribution < -0.4 is 10.2 Å². The van der Waals surface area contributed by atoms with Gasteiger partial charge in [0.2, 0.25) is 0 Å². The first-order valence-corrected chi connectivity index (χ1v) is 7.10. The van der Waals surface area contributed by atoms with E-state index in [1.54, 1.807) is 0 Å². The molecule has 0 fully saturated rings. The van der Waals surface area contributed by atoms with Gasteiger partial charge in [0.15, 0.2) is 0 Å². The van der Waals surface area contributed by atoms with E-state index in [1.807, 2.05) is 0 Å². The normalized spacial score (nSPS) is 14.3. The molecule has 2 nitrogen and oxygen atoms in total. The highest BCUT2D eigenvalue weighted by Crippen LogP contribution is 2.26. The summed E-state index contributed by atoms with van der Waals surface area (Å²) in [7, 11) is 4.16. The Hall–Kier alpha value is -1.02. The number of hydrogen-bond donors (Lipinski definition) is 1. The standard InChI is InChI=1S/C16H28N2/c1-6-8-13(3)16(17-7-2)14-9-11-15(12-10-14)18(4)5/h9-13,16-17H,6-8H2,1-5H3. The monoisotopic (exact) mass is 248 g/mol. The fraction of sp³-hybridized carbons (Fsp3) is 0.625. The van der Waals surface area contributed by atoms with Crippen molar-refractivity contribution in [1.82, 2.24) is 5.32 Å². The van der Waals surface area contributed by atoms with E-state index in [2.05, 4.69) is 69.3 Å². The van der Waals surface area contributed by atoms with Crippen LogP contribution in [0.4, 0.5) is 5.69 Å². The third-order valence-electron chi connectivity index (χ3n) is 3.51. The first-order valence-electron chi connectivity index (χ1n) is 7.10. The van der Waals surface area contributed by atoms with Gasteiger partial charge in [-0.2, -0.15) is 0 Å². The second-order valence-electron chi connectivity index (χ2n) is 5.29. The highest BCUT2D eigenvalue weighted by Gasteiger charge is 2.17. The van der Waals surface area contributed by atoms with Crippen molar-refractivity contribution >= 4 is 5.69 Å². The van der Waals surface area contributed by atoms with E-state index in [-0.39, 0.29) is 0 Å². The molecule has 102 valence electrons. The molecule has 0 saturated carbocycles. The lowest BCUT2D eigenvalue weighted by molar-refractivity contribution is 0.369. The van der Waals surface area contributed by atoms with Crippen molar-refractivity contribution in [2.75, 3.05) is 25.5 Å². The molecule has 1 rings (SSSR count). The topological polar surface area (TPSA) is 15.3 Å². The van der Waals surface area contributed by atoms with Crippen LogP contribution in [0.5, 0.6) is 0 Å². The van der Waals surface area contributed by atoms with Crippen LogP contribution in [-0.2, 0) is 0 Å². The Balaban J connectivity index is 2.84. The SMILES string of the molecule is CCCC(C)C(NCC)c1ccc(N(C)C)cc1. The van der Waals surface area contributed by atoms with Crippen LogP contribution in [-0.4, -0.2) is 20.6 Å². The molecule has 2 atom stereocenters. The average Bonchev–Trinajstić information content (AvgIpc) is 2.36. The van der Waals surface area contributed by atoms with E-state index in [0.717, 1.165) is 6.54 Å². The van der Waals surface area contributed by atoms with E-state index >= 15 is 0 Å². The number of rotatable bonds is 7. The minimum atomic E-state index is 0.478. The summed E-state index contributed by atoms with van der Waals surface area (Å²) in [5.41, 5.74) is 2.67. The smallest absolute Gasteiger partial charge is 0.0361 e. The Labute approximate surface area is 112 Å². The van der Waals surface area contributed by atoms with Gasteiger partial charge in [0.25, 0.3) is 0 Å². The van der Waals surface area contributed by atoms with Crippen LogP contribution >= 0.6 is 0 Å². The highest BCUT2D eigenvalue weighted by molar-refractivity contribution is 5.46. The van der Waals surface area contributed by atoms with Crippen LogP contribution in [0.2, 0.25) is 0 Å². The number of hydrogen-bond acceptors (Lipinski definition) is 2. The van der Waals surface area contributed by atoms with Gasteiger partial charge in [0.05, 0.1) is 0 Å². The van der Waals surface area contributed by atoms with Crippen LogP contribution in [0, 0.1) is 5.92 Å². The maximum atomic E-state index is 3.62. The second-order valence-corrected chi connectivity index (χ2v) is 5.29. The third-order valence-corrected chi connectivity index (χ3v) is 3.51. The summed E-state index contributed by atoms with van der Waals surface area (Å²) in [4.78, 5) is 2.14. The van der Waals surface area contributed by atoms with E-state index in [0.29, 0.717) is 12.0 Å². The zero-order valence-corrected chi connectivity index (χ0v) is 12.5. The summed E-state index contributed by atoms with van der Waals surface area (Å²) < 4.78 is 0. The Bertz CT molecular complexity index is 329. The minimum Gasteiger partial charge on any atom is -0.378 e. The molecule has 0 bridgehead atoms. The molecule has 2 unspecified atom stereocenters. The van der Waals surface area contributed by atoms with Gasteiger partial charge in [-0.25, -0.2) is 0 Å². The van der Waals surface area contributed by atoms with E-state index in [4.69, 9.17) is 0 Å². The van der Waals surface area contributed by atoms with Crippen LogP contribution in [0.15, 0.2) is 24.3 Å². The number of benzene rings is 1. The molecule has 18 heavy (non-hydrogen) atoms. The summed E-state index contributed by atoms with van der Waals surface area (Å²) in [6, 6.07) is 9.41. The number of anilines is 1.